The van der Waals surface area contributed by atoms with Gasteiger partial charge in [-0.2, -0.15) is 0 Å². The molecule has 1 fully saturated rings. The summed E-state index contributed by atoms with van der Waals surface area (Å²) in [5.41, 5.74) is 5.69. The number of rotatable bonds is 3. The lowest BCUT2D eigenvalue weighted by molar-refractivity contribution is 0.244. The second-order valence-corrected chi connectivity index (χ2v) is 6.01. The van der Waals surface area contributed by atoms with Gasteiger partial charge in [-0.3, -0.25) is 0 Å². The Kier molecular flexibility index (Phi) is 3.81. The average Bonchev–Trinajstić information content (AvgIpc) is 2.79. The van der Waals surface area contributed by atoms with Gasteiger partial charge in [-0.15, -0.1) is 0 Å². The van der Waals surface area contributed by atoms with Crippen molar-refractivity contribution in [3.05, 3.63) is 35.0 Å². The Morgan fingerprint density at radius 1 is 1.15 bits per heavy atom. The average molecular weight is 271 g/mol. The van der Waals surface area contributed by atoms with Gasteiger partial charge < -0.3 is 14.8 Å². The van der Waals surface area contributed by atoms with E-state index in [1.54, 1.807) is 0 Å². The Labute approximate surface area is 121 Å². The molecule has 1 aromatic carbocycles. The van der Waals surface area contributed by atoms with E-state index in [9.17, 15) is 0 Å². The maximum absolute atomic E-state index is 3.41. The first-order valence-corrected chi connectivity index (χ1v) is 7.64. The first-order chi connectivity index (χ1) is 9.66. The maximum atomic E-state index is 3.41. The molecule has 3 rings (SSSR count). The number of fused-ring (bicyclic) bond motifs is 1. The van der Waals surface area contributed by atoms with Gasteiger partial charge in [0.05, 0.1) is 5.52 Å². The Bertz CT molecular complexity index is 606. The molecule has 0 saturated carbocycles. The molecule has 3 nitrogen and oxygen atoms in total. The van der Waals surface area contributed by atoms with Crippen molar-refractivity contribution in [3.63, 3.8) is 0 Å². The number of piperazine rings is 1. The van der Waals surface area contributed by atoms with Crippen molar-refractivity contribution in [1.82, 2.24) is 14.8 Å². The van der Waals surface area contributed by atoms with Crippen molar-refractivity contribution in [2.75, 3.05) is 32.7 Å². The van der Waals surface area contributed by atoms with Crippen molar-refractivity contribution in [2.24, 2.45) is 7.05 Å². The Hall–Kier alpha value is -1.32. The number of nitrogens with zero attached hydrogens (tertiary/aromatic N) is 2. The Balaban J connectivity index is 1.83. The summed E-state index contributed by atoms with van der Waals surface area (Å²) in [6.07, 6.45) is 3.47. The van der Waals surface area contributed by atoms with E-state index >= 15 is 0 Å². The highest BCUT2D eigenvalue weighted by Gasteiger charge is 2.13. The van der Waals surface area contributed by atoms with Crippen molar-refractivity contribution in [3.8, 4) is 0 Å². The summed E-state index contributed by atoms with van der Waals surface area (Å²) in [5.74, 6) is 0. The van der Waals surface area contributed by atoms with Crippen LogP contribution in [0.25, 0.3) is 10.9 Å². The molecular weight excluding hydrogens is 246 g/mol. The number of nitrogens with one attached hydrogen (secondary N) is 1. The van der Waals surface area contributed by atoms with Crippen LogP contribution in [-0.4, -0.2) is 42.2 Å². The first-order valence-electron chi connectivity index (χ1n) is 7.64. The molecule has 2 heterocycles. The van der Waals surface area contributed by atoms with Gasteiger partial charge in [-0.05, 0) is 37.0 Å². The van der Waals surface area contributed by atoms with Crippen LogP contribution in [0.1, 0.15) is 16.7 Å². The molecule has 1 aliphatic rings. The van der Waals surface area contributed by atoms with Gasteiger partial charge in [0.15, 0.2) is 0 Å². The minimum Gasteiger partial charge on any atom is -0.350 e. The van der Waals surface area contributed by atoms with E-state index in [0.29, 0.717) is 0 Å². The molecule has 2 aromatic rings. The van der Waals surface area contributed by atoms with Crippen LogP contribution in [-0.2, 0) is 13.5 Å². The van der Waals surface area contributed by atoms with Crippen LogP contribution in [0.4, 0.5) is 0 Å². The molecular formula is C17H25N3. The smallest absolute Gasteiger partial charge is 0.0512 e. The van der Waals surface area contributed by atoms with Gasteiger partial charge in [-0.25, -0.2) is 0 Å². The number of aryl methyl sites for hydroxylation is 3. The predicted molar refractivity (Wildman–Crippen MR) is 85.4 cm³/mol. The highest BCUT2D eigenvalue weighted by atomic mass is 15.2. The zero-order valence-electron chi connectivity index (χ0n) is 12.9. The highest BCUT2D eigenvalue weighted by molar-refractivity contribution is 5.87. The molecule has 1 aliphatic heterocycles. The molecule has 0 bridgehead atoms. The highest BCUT2D eigenvalue weighted by Crippen LogP contribution is 2.26. The van der Waals surface area contributed by atoms with Gasteiger partial charge in [0.25, 0.3) is 0 Å². The Morgan fingerprint density at radius 3 is 2.65 bits per heavy atom. The van der Waals surface area contributed by atoms with Crippen LogP contribution in [0.15, 0.2) is 18.3 Å². The lowest BCUT2D eigenvalue weighted by Crippen LogP contribution is -2.44. The van der Waals surface area contributed by atoms with E-state index in [1.807, 2.05) is 0 Å². The van der Waals surface area contributed by atoms with Crippen LogP contribution in [0.5, 0.6) is 0 Å². The first kappa shape index (κ1) is 13.7. The van der Waals surface area contributed by atoms with Crippen LogP contribution in [0.2, 0.25) is 0 Å². The van der Waals surface area contributed by atoms with E-state index in [-0.39, 0.29) is 0 Å². The molecule has 0 radical (unpaired) electrons. The van der Waals surface area contributed by atoms with Crippen molar-refractivity contribution < 1.29 is 0 Å². The summed E-state index contributed by atoms with van der Waals surface area (Å²) < 4.78 is 2.30. The molecule has 0 atom stereocenters. The fraction of sp³-hybridized carbons (Fsp3) is 0.529. The zero-order valence-corrected chi connectivity index (χ0v) is 12.9. The molecule has 0 amide bonds. The largest absolute Gasteiger partial charge is 0.350 e. The summed E-state index contributed by atoms with van der Waals surface area (Å²) in [4.78, 5) is 2.57. The third-order valence-electron chi connectivity index (χ3n) is 4.66. The fourth-order valence-electron chi connectivity index (χ4n) is 3.30. The van der Waals surface area contributed by atoms with E-state index in [4.69, 9.17) is 0 Å². The summed E-state index contributed by atoms with van der Waals surface area (Å²) in [5, 5.41) is 4.85. The molecule has 1 saturated heterocycles. The van der Waals surface area contributed by atoms with Gasteiger partial charge in [0.1, 0.15) is 0 Å². The van der Waals surface area contributed by atoms with Crippen molar-refractivity contribution in [2.45, 2.75) is 20.3 Å². The number of hydrogen-bond acceptors (Lipinski definition) is 2. The van der Waals surface area contributed by atoms with Crippen LogP contribution in [0.3, 0.4) is 0 Å². The molecule has 0 aliphatic carbocycles. The number of benzene rings is 1. The third-order valence-corrected chi connectivity index (χ3v) is 4.66. The molecule has 0 unspecified atom stereocenters. The van der Waals surface area contributed by atoms with Crippen LogP contribution in [0, 0.1) is 13.8 Å². The molecule has 1 aromatic heterocycles. The van der Waals surface area contributed by atoms with Gasteiger partial charge in [0.2, 0.25) is 0 Å². The van der Waals surface area contributed by atoms with Gasteiger partial charge in [-0.1, -0.05) is 12.1 Å². The standard InChI is InChI=1S/C17H25N3/c1-13-4-5-16-15(12-19(3)17(16)14(13)2)6-9-20-10-7-18-8-11-20/h4-5,12,18H,6-11H2,1-3H3. The van der Waals surface area contributed by atoms with Crippen LogP contribution < -0.4 is 5.32 Å². The fourth-order valence-corrected chi connectivity index (χ4v) is 3.30. The SMILES string of the molecule is Cc1ccc2c(CCN3CCNCC3)cn(C)c2c1C. The third kappa shape index (κ3) is 2.48. The van der Waals surface area contributed by atoms with Crippen molar-refractivity contribution in [1.29, 1.82) is 0 Å². The Morgan fingerprint density at radius 2 is 1.90 bits per heavy atom. The maximum Gasteiger partial charge on any atom is 0.0512 e. The van der Waals surface area contributed by atoms with E-state index in [1.165, 1.54) is 47.2 Å². The normalized spacial score (nSPS) is 16.9. The van der Waals surface area contributed by atoms with Gasteiger partial charge in [0, 0.05) is 51.4 Å². The molecule has 108 valence electrons. The second-order valence-electron chi connectivity index (χ2n) is 6.01. The summed E-state index contributed by atoms with van der Waals surface area (Å²) >= 11 is 0. The van der Waals surface area contributed by atoms with Crippen LogP contribution >= 0.6 is 0 Å². The summed E-state index contributed by atoms with van der Waals surface area (Å²) in [6, 6.07) is 4.55. The van der Waals surface area contributed by atoms with Gasteiger partial charge >= 0.3 is 0 Å². The molecule has 1 N–H and O–H groups in total. The number of hydrogen-bond donors (Lipinski definition) is 1. The summed E-state index contributed by atoms with van der Waals surface area (Å²) in [7, 11) is 2.17. The second kappa shape index (κ2) is 5.58. The lowest BCUT2D eigenvalue weighted by atomic mass is 10.0. The monoisotopic (exact) mass is 271 g/mol. The molecule has 3 heteroatoms. The molecule has 20 heavy (non-hydrogen) atoms. The predicted octanol–water partition coefficient (Wildman–Crippen LogP) is 2.24. The van der Waals surface area contributed by atoms with E-state index in [0.717, 1.165) is 19.5 Å². The molecule has 0 spiro atoms. The van der Waals surface area contributed by atoms with E-state index in [2.05, 4.69) is 54.0 Å². The summed E-state index contributed by atoms with van der Waals surface area (Å²) in [6.45, 7) is 10.2. The van der Waals surface area contributed by atoms with Crippen molar-refractivity contribution >= 4 is 10.9 Å². The minimum atomic E-state index is 1.13. The number of aromatic nitrogens is 1. The zero-order chi connectivity index (χ0) is 14.1. The van der Waals surface area contributed by atoms with E-state index < -0.39 is 0 Å². The lowest BCUT2D eigenvalue weighted by Gasteiger charge is -2.26. The minimum absolute atomic E-state index is 1.13. The topological polar surface area (TPSA) is 20.2 Å². The quantitative estimate of drug-likeness (QED) is 0.924.